The summed E-state index contributed by atoms with van der Waals surface area (Å²) in [5, 5.41) is 3.62. The zero-order valence-corrected chi connectivity index (χ0v) is 14.6. The molecule has 0 aromatic heterocycles. The van der Waals surface area contributed by atoms with Crippen molar-refractivity contribution in [2.24, 2.45) is 5.73 Å². The largest absolute Gasteiger partial charge is 0.364 e. The number of nitrogens with one attached hydrogen (secondary N) is 1. The van der Waals surface area contributed by atoms with Crippen LogP contribution in [0.5, 0.6) is 0 Å². The van der Waals surface area contributed by atoms with Crippen LogP contribution in [0.1, 0.15) is 12.8 Å². The summed E-state index contributed by atoms with van der Waals surface area (Å²) in [6.45, 7) is 0.456. The zero-order chi connectivity index (χ0) is 16.9. The van der Waals surface area contributed by atoms with E-state index in [0.29, 0.717) is 13.0 Å². The summed E-state index contributed by atoms with van der Waals surface area (Å²) in [6.07, 6.45) is 1.14. The maximum absolute atomic E-state index is 12.2. The molecule has 0 aliphatic carbocycles. The molecule has 6 heteroatoms. The van der Waals surface area contributed by atoms with Crippen molar-refractivity contribution in [2.75, 3.05) is 11.9 Å². The maximum Gasteiger partial charge on any atom is 0.253 e. The Balaban J connectivity index is 1.59. The van der Waals surface area contributed by atoms with Crippen molar-refractivity contribution in [2.45, 2.75) is 34.8 Å². The minimum Gasteiger partial charge on any atom is -0.364 e. The maximum atomic E-state index is 12.2. The van der Waals surface area contributed by atoms with E-state index >= 15 is 0 Å². The van der Waals surface area contributed by atoms with Gasteiger partial charge in [-0.15, -0.1) is 0 Å². The number of halogens is 1. The molecule has 0 radical (unpaired) electrons. The van der Waals surface area contributed by atoms with Crippen molar-refractivity contribution in [1.82, 2.24) is 0 Å². The highest BCUT2D eigenvalue weighted by Gasteiger charge is 2.29. The molecule has 3 N–H and O–H groups in total. The van der Waals surface area contributed by atoms with Gasteiger partial charge in [-0.2, -0.15) is 0 Å². The Bertz CT molecular complexity index is 708. The molecule has 0 bridgehead atoms. The Morgan fingerprint density at radius 2 is 1.96 bits per heavy atom. The topological polar surface area (TPSA) is 64.4 Å². The number of carbonyl (C=O) groups is 1. The minimum absolute atomic E-state index is 0.00449. The van der Waals surface area contributed by atoms with E-state index in [9.17, 15) is 4.79 Å². The molecule has 3 rings (SSSR count). The number of benzene rings is 2. The molecular weight excluding hydrogens is 344 g/mol. The van der Waals surface area contributed by atoms with Crippen molar-refractivity contribution < 1.29 is 9.53 Å². The van der Waals surface area contributed by atoms with Gasteiger partial charge in [-0.3, -0.25) is 4.79 Å². The van der Waals surface area contributed by atoms with E-state index in [0.717, 1.165) is 26.9 Å². The first-order valence-corrected chi connectivity index (χ1v) is 9.04. The van der Waals surface area contributed by atoms with E-state index in [4.69, 9.17) is 22.1 Å². The Morgan fingerprint density at radius 3 is 2.62 bits per heavy atom. The second-order valence-corrected chi connectivity index (χ2v) is 7.13. The van der Waals surface area contributed by atoms with Gasteiger partial charge >= 0.3 is 0 Å². The molecule has 0 saturated carbocycles. The lowest BCUT2D eigenvalue weighted by molar-refractivity contribution is -0.126. The molecule has 1 heterocycles. The van der Waals surface area contributed by atoms with Gasteiger partial charge in [0.2, 0.25) is 0 Å². The van der Waals surface area contributed by atoms with E-state index in [2.05, 4.69) is 5.32 Å². The van der Waals surface area contributed by atoms with Crippen LogP contribution in [0, 0.1) is 0 Å². The fourth-order valence-electron chi connectivity index (χ4n) is 2.56. The Labute approximate surface area is 150 Å². The molecule has 2 atom stereocenters. The van der Waals surface area contributed by atoms with Crippen molar-refractivity contribution >= 4 is 35.0 Å². The highest BCUT2D eigenvalue weighted by atomic mass is 35.5. The fraction of sp³-hybridized carbons (Fsp3) is 0.278. The number of hydrogen-bond donors (Lipinski definition) is 2. The molecule has 0 spiro atoms. The summed E-state index contributed by atoms with van der Waals surface area (Å²) in [5.41, 5.74) is 6.32. The summed E-state index contributed by atoms with van der Waals surface area (Å²) >= 11 is 7.76. The Kier molecular flexibility index (Phi) is 5.79. The highest BCUT2D eigenvalue weighted by molar-refractivity contribution is 7.99. The second kappa shape index (κ2) is 8.03. The molecular formula is C18H19ClN2O2S. The lowest BCUT2D eigenvalue weighted by atomic mass is 10.2. The van der Waals surface area contributed by atoms with Gasteiger partial charge in [0, 0.05) is 22.0 Å². The smallest absolute Gasteiger partial charge is 0.253 e. The normalized spacial score (nSPS) is 20.1. The lowest BCUT2D eigenvalue weighted by Crippen LogP contribution is -2.29. The fourth-order valence-corrected chi connectivity index (χ4v) is 3.65. The third-order valence-electron chi connectivity index (χ3n) is 3.85. The third-order valence-corrected chi connectivity index (χ3v) is 5.37. The number of anilines is 1. The van der Waals surface area contributed by atoms with Crippen molar-refractivity contribution in [3.63, 3.8) is 0 Å². The van der Waals surface area contributed by atoms with E-state index < -0.39 is 6.10 Å². The zero-order valence-electron chi connectivity index (χ0n) is 13.1. The molecule has 4 nitrogen and oxygen atoms in total. The van der Waals surface area contributed by atoms with Gasteiger partial charge in [0.25, 0.3) is 5.91 Å². The Morgan fingerprint density at radius 1 is 1.21 bits per heavy atom. The van der Waals surface area contributed by atoms with Gasteiger partial charge < -0.3 is 15.8 Å². The van der Waals surface area contributed by atoms with Gasteiger partial charge in [-0.1, -0.05) is 35.5 Å². The standard InChI is InChI=1S/C18H19ClN2O2S/c19-15-3-1-2-4-17(15)24-14-8-5-12(6-9-14)21-18(22)16-10-7-13(11-20)23-16/h1-6,8-9,13,16H,7,10-11,20H2,(H,21,22)/t13-,16+/m1/s1. The van der Waals surface area contributed by atoms with Crippen LogP contribution in [0.2, 0.25) is 5.02 Å². The SMILES string of the molecule is NC[C@H]1CC[C@@H](C(=O)Nc2ccc(Sc3ccccc3Cl)cc2)O1. The first-order chi connectivity index (χ1) is 11.7. The number of hydrogen-bond acceptors (Lipinski definition) is 4. The van der Waals surface area contributed by atoms with Crippen LogP contribution in [-0.4, -0.2) is 24.7 Å². The molecule has 2 aromatic carbocycles. The predicted octanol–water partition coefficient (Wildman–Crippen LogP) is 3.94. The molecule has 2 aromatic rings. The van der Waals surface area contributed by atoms with E-state index in [-0.39, 0.29) is 12.0 Å². The van der Waals surface area contributed by atoms with Crippen molar-refractivity contribution in [1.29, 1.82) is 0 Å². The minimum atomic E-state index is -0.407. The molecule has 126 valence electrons. The van der Waals surface area contributed by atoms with Gasteiger partial charge in [0.05, 0.1) is 11.1 Å². The number of carbonyl (C=O) groups excluding carboxylic acids is 1. The third kappa shape index (κ3) is 4.30. The first kappa shape index (κ1) is 17.3. The summed E-state index contributed by atoms with van der Waals surface area (Å²) in [5.74, 6) is -0.113. The molecule has 1 aliphatic rings. The average molecular weight is 363 g/mol. The first-order valence-electron chi connectivity index (χ1n) is 7.84. The van der Waals surface area contributed by atoms with E-state index in [1.807, 2.05) is 48.5 Å². The van der Waals surface area contributed by atoms with Crippen LogP contribution in [-0.2, 0) is 9.53 Å². The van der Waals surface area contributed by atoms with Crippen LogP contribution < -0.4 is 11.1 Å². The summed E-state index contributed by atoms with van der Waals surface area (Å²) < 4.78 is 5.60. The summed E-state index contributed by atoms with van der Waals surface area (Å²) in [4.78, 5) is 14.3. The number of ether oxygens (including phenoxy) is 1. The van der Waals surface area contributed by atoms with Gasteiger partial charge in [0.15, 0.2) is 0 Å². The van der Waals surface area contributed by atoms with Crippen LogP contribution in [0.15, 0.2) is 58.3 Å². The number of nitrogens with two attached hydrogens (primary N) is 1. The second-order valence-electron chi connectivity index (χ2n) is 5.61. The lowest BCUT2D eigenvalue weighted by Gasteiger charge is -2.13. The average Bonchev–Trinajstić information content (AvgIpc) is 3.08. The Hall–Kier alpha value is -1.53. The van der Waals surface area contributed by atoms with Crippen LogP contribution in [0.4, 0.5) is 5.69 Å². The van der Waals surface area contributed by atoms with Gasteiger partial charge in [-0.05, 0) is 49.2 Å². The van der Waals surface area contributed by atoms with Crippen LogP contribution >= 0.6 is 23.4 Å². The van der Waals surface area contributed by atoms with Crippen LogP contribution in [0.3, 0.4) is 0 Å². The van der Waals surface area contributed by atoms with Gasteiger partial charge in [-0.25, -0.2) is 0 Å². The quantitative estimate of drug-likeness (QED) is 0.845. The molecule has 1 aliphatic heterocycles. The number of amides is 1. The molecule has 24 heavy (non-hydrogen) atoms. The van der Waals surface area contributed by atoms with E-state index in [1.54, 1.807) is 11.8 Å². The summed E-state index contributed by atoms with van der Waals surface area (Å²) in [7, 11) is 0. The highest BCUT2D eigenvalue weighted by Crippen LogP contribution is 2.33. The molecule has 1 amide bonds. The molecule has 0 unspecified atom stereocenters. The molecule has 1 fully saturated rings. The van der Waals surface area contributed by atoms with Crippen LogP contribution in [0.25, 0.3) is 0 Å². The summed E-state index contributed by atoms with van der Waals surface area (Å²) in [6, 6.07) is 15.4. The monoisotopic (exact) mass is 362 g/mol. The predicted molar refractivity (Wildman–Crippen MR) is 97.6 cm³/mol. The van der Waals surface area contributed by atoms with Crippen molar-refractivity contribution in [3.05, 3.63) is 53.6 Å². The van der Waals surface area contributed by atoms with E-state index in [1.165, 1.54) is 0 Å². The van der Waals surface area contributed by atoms with Gasteiger partial charge in [0.1, 0.15) is 6.10 Å². The number of rotatable bonds is 5. The molecule has 1 saturated heterocycles. The van der Waals surface area contributed by atoms with Crippen molar-refractivity contribution in [3.8, 4) is 0 Å².